The fourth-order valence-corrected chi connectivity index (χ4v) is 2.79. The van der Waals surface area contributed by atoms with Gasteiger partial charge in [-0.2, -0.15) is 0 Å². The first kappa shape index (κ1) is 15.0. The molecule has 1 saturated heterocycles. The maximum absolute atomic E-state index is 5.95. The smallest absolute Gasteiger partial charge is 0.120 e. The summed E-state index contributed by atoms with van der Waals surface area (Å²) in [4.78, 5) is 1.72. The number of benzene rings is 1. The number of quaternary nitrogens is 1. The van der Waals surface area contributed by atoms with Gasteiger partial charge in [-0.3, -0.25) is 0 Å². The molecule has 1 aromatic rings. The first-order valence-corrected chi connectivity index (χ1v) is 7.82. The predicted molar refractivity (Wildman–Crippen MR) is 80.5 cm³/mol. The van der Waals surface area contributed by atoms with Gasteiger partial charge in [-0.25, -0.2) is 0 Å². The first-order valence-electron chi connectivity index (χ1n) is 7.06. The monoisotopic (exact) mass is 302 g/mol. The summed E-state index contributed by atoms with van der Waals surface area (Å²) in [7, 11) is 0. The summed E-state index contributed by atoms with van der Waals surface area (Å²) in [6.45, 7) is 6.93. The molecule has 0 amide bonds. The number of nitrogens with one attached hydrogen (secondary N) is 1. The van der Waals surface area contributed by atoms with Crippen molar-refractivity contribution in [1.29, 1.82) is 0 Å². The molecule has 2 rings (SSSR count). The molecule has 106 valence electrons. The van der Waals surface area contributed by atoms with Crippen LogP contribution < -0.4 is 9.64 Å². The van der Waals surface area contributed by atoms with Gasteiger partial charge in [0.15, 0.2) is 0 Å². The molecule has 19 heavy (non-hydrogen) atoms. The first-order chi connectivity index (χ1) is 9.15. The molecule has 1 N–H and O–H groups in total. The molecular weight excluding hydrogens is 281 g/mol. The van der Waals surface area contributed by atoms with Gasteiger partial charge in [0.1, 0.15) is 5.75 Å². The summed E-state index contributed by atoms with van der Waals surface area (Å²) in [5, 5.41) is 1.12. The molecule has 0 saturated carbocycles. The van der Waals surface area contributed by atoms with E-state index in [9.17, 15) is 0 Å². The second-order valence-electron chi connectivity index (χ2n) is 5.46. The third-order valence-electron chi connectivity index (χ3n) is 3.82. The number of hydrogen-bond donors (Lipinski definition) is 1. The Bertz CT molecular complexity index is 403. The molecule has 1 aromatic carbocycles. The summed E-state index contributed by atoms with van der Waals surface area (Å²) in [6.07, 6.45) is 3.82. The molecule has 0 aromatic heterocycles. The van der Waals surface area contributed by atoms with E-state index >= 15 is 0 Å². The van der Waals surface area contributed by atoms with Gasteiger partial charge in [0, 0.05) is 12.5 Å². The Morgan fingerprint density at radius 3 is 2.63 bits per heavy atom. The lowest BCUT2D eigenvalue weighted by molar-refractivity contribution is -0.906. The van der Waals surface area contributed by atoms with E-state index < -0.39 is 0 Å². The van der Waals surface area contributed by atoms with Gasteiger partial charge in [-0.05, 0) is 30.9 Å². The van der Waals surface area contributed by atoms with Crippen molar-refractivity contribution in [3.63, 3.8) is 0 Å². The van der Waals surface area contributed by atoms with E-state index in [-0.39, 0.29) is 0 Å². The van der Waals surface area contributed by atoms with Crippen LogP contribution in [-0.2, 0) is 0 Å². The van der Waals surface area contributed by atoms with Crippen molar-refractivity contribution < 1.29 is 9.64 Å². The third kappa shape index (κ3) is 4.87. The second kappa shape index (κ2) is 7.37. The quantitative estimate of drug-likeness (QED) is 0.825. The largest absolute Gasteiger partial charge is 0.493 e. The molecule has 1 aliphatic heterocycles. The average molecular weight is 303 g/mol. The Balaban J connectivity index is 1.65. The number of likely N-dealkylation sites (tertiary alicyclic amines) is 1. The van der Waals surface area contributed by atoms with Crippen molar-refractivity contribution in [3.8, 4) is 5.75 Å². The molecule has 1 heterocycles. The minimum Gasteiger partial charge on any atom is -0.493 e. The van der Waals surface area contributed by atoms with Crippen LogP contribution in [0.4, 0.5) is 0 Å². The molecule has 0 radical (unpaired) electrons. The van der Waals surface area contributed by atoms with Gasteiger partial charge in [0.25, 0.3) is 0 Å². The van der Waals surface area contributed by atoms with E-state index in [2.05, 4.69) is 6.92 Å². The number of rotatable bonds is 5. The lowest BCUT2D eigenvalue weighted by Crippen LogP contribution is -3.13. The van der Waals surface area contributed by atoms with Crippen molar-refractivity contribution in [1.82, 2.24) is 0 Å². The van der Waals surface area contributed by atoms with Crippen LogP contribution in [0, 0.1) is 5.92 Å². The highest BCUT2D eigenvalue weighted by Crippen LogP contribution is 2.26. The fourth-order valence-electron chi connectivity index (χ4n) is 2.50. The van der Waals surface area contributed by atoms with Crippen LogP contribution in [0.3, 0.4) is 0 Å². The molecule has 0 spiro atoms. The van der Waals surface area contributed by atoms with Crippen LogP contribution in [0.1, 0.15) is 26.2 Å². The molecular formula is C15H22Cl2NO+. The second-order valence-corrected chi connectivity index (χ2v) is 6.27. The topological polar surface area (TPSA) is 13.7 Å². The predicted octanol–water partition coefficient (Wildman–Crippen LogP) is 3.08. The summed E-state index contributed by atoms with van der Waals surface area (Å²) in [5.41, 5.74) is 0. The van der Waals surface area contributed by atoms with E-state index in [0.717, 1.165) is 24.7 Å². The highest BCUT2D eigenvalue weighted by Gasteiger charge is 2.17. The van der Waals surface area contributed by atoms with Crippen molar-refractivity contribution >= 4 is 23.2 Å². The summed E-state index contributed by atoms with van der Waals surface area (Å²) in [5.74, 6) is 1.72. The van der Waals surface area contributed by atoms with Gasteiger partial charge in [-0.1, -0.05) is 30.1 Å². The molecule has 4 heteroatoms. The normalized spacial score (nSPS) is 23.3. The Morgan fingerprint density at radius 1 is 1.21 bits per heavy atom. The van der Waals surface area contributed by atoms with Gasteiger partial charge in [0.05, 0.1) is 36.3 Å². The van der Waals surface area contributed by atoms with E-state index in [1.807, 2.05) is 6.07 Å². The maximum Gasteiger partial charge on any atom is 0.120 e. The molecule has 2 nitrogen and oxygen atoms in total. The zero-order valence-corrected chi connectivity index (χ0v) is 12.9. The van der Waals surface area contributed by atoms with Crippen LogP contribution >= 0.6 is 23.2 Å². The standard InChI is InChI=1S/C15H21Cl2NO/c1-12-5-8-18(9-6-12)7-2-10-19-13-3-4-14(16)15(17)11-13/h3-4,11-12H,2,5-10H2,1H3/p+1. The molecule has 0 atom stereocenters. The average Bonchev–Trinajstić information content (AvgIpc) is 2.41. The fraction of sp³-hybridized carbons (Fsp3) is 0.600. The summed E-state index contributed by atoms with van der Waals surface area (Å²) in [6, 6.07) is 5.42. The summed E-state index contributed by atoms with van der Waals surface area (Å²) >= 11 is 11.8. The van der Waals surface area contributed by atoms with Crippen LogP contribution in [-0.4, -0.2) is 26.2 Å². The number of piperidine rings is 1. The molecule has 0 unspecified atom stereocenters. The number of hydrogen-bond acceptors (Lipinski definition) is 1. The van der Waals surface area contributed by atoms with Crippen molar-refractivity contribution in [2.75, 3.05) is 26.2 Å². The Labute approximate surface area is 125 Å². The molecule has 1 aliphatic rings. The Kier molecular flexibility index (Phi) is 5.80. The van der Waals surface area contributed by atoms with E-state index in [1.165, 1.54) is 32.5 Å². The van der Waals surface area contributed by atoms with E-state index in [4.69, 9.17) is 27.9 Å². The van der Waals surface area contributed by atoms with Gasteiger partial charge < -0.3 is 9.64 Å². The zero-order valence-electron chi connectivity index (χ0n) is 11.4. The Morgan fingerprint density at radius 2 is 1.95 bits per heavy atom. The van der Waals surface area contributed by atoms with Crippen molar-refractivity contribution in [2.24, 2.45) is 5.92 Å². The van der Waals surface area contributed by atoms with Gasteiger partial charge in [-0.15, -0.1) is 0 Å². The van der Waals surface area contributed by atoms with Crippen LogP contribution in [0.2, 0.25) is 10.0 Å². The van der Waals surface area contributed by atoms with E-state index in [0.29, 0.717) is 10.0 Å². The van der Waals surface area contributed by atoms with Crippen LogP contribution in [0.15, 0.2) is 18.2 Å². The Hall–Kier alpha value is -0.440. The summed E-state index contributed by atoms with van der Waals surface area (Å²) < 4.78 is 5.70. The molecule has 0 aliphatic carbocycles. The minimum atomic E-state index is 0.551. The number of ether oxygens (including phenoxy) is 1. The SMILES string of the molecule is CC1CC[NH+](CCCOc2ccc(Cl)c(Cl)c2)CC1. The molecule has 1 fully saturated rings. The highest BCUT2D eigenvalue weighted by molar-refractivity contribution is 6.42. The van der Waals surface area contributed by atoms with Crippen LogP contribution in [0.25, 0.3) is 0 Å². The van der Waals surface area contributed by atoms with Crippen LogP contribution in [0.5, 0.6) is 5.75 Å². The molecule has 0 bridgehead atoms. The lowest BCUT2D eigenvalue weighted by Gasteiger charge is -2.27. The highest BCUT2D eigenvalue weighted by atomic mass is 35.5. The van der Waals surface area contributed by atoms with Crippen molar-refractivity contribution in [3.05, 3.63) is 28.2 Å². The zero-order chi connectivity index (χ0) is 13.7. The minimum absolute atomic E-state index is 0.551. The lowest BCUT2D eigenvalue weighted by atomic mass is 9.99. The number of halogens is 2. The third-order valence-corrected chi connectivity index (χ3v) is 4.55. The van der Waals surface area contributed by atoms with Gasteiger partial charge in [0.2, 0.25) is 0 Å². The van der Waals surface area contributed by atoms with Gasteiger partial charge >= 0.3 is 0 Å². The van der Waals surface area contributed by atoms with E-state index in [1.54, 1.807) is 17.0 Å². The van der Waals surface area contributed by atoms with Crippen molar-refractivity contribution in [2.45, 2.75) is 26.2 Å². The maximum atomic E-state index is 5.95.